The fourth-order valence-corrected chi connectivity index (χ4v) is 3.92. The topological polar surface area (TPSA) is 76.0 Å². The van der Waals surface area contributed by atoms with Gasteiger partial charge in [0.1, 0.15) is 17.3 Å². The maximum Gasteiger partial charge on any atom is 0.232 e. The van der Waals surface area contributed by atoms with Crippen LogP contribution in [-0.2, 0) is 11.2 Å². The number of nitrogens with zero attached hydrogens (tertiary/aromatic N) is 3. The lowest BCUT2D eigenvalue weighted by atomic mass is 9.91. The lowest BCUT2D eigenvalue weighted by molar-refractivity contribution is 0.0664. The van der Waals surface area contributed by atoms with Gasteiger partial charge in [0.05, 0.1) is 11.0 Å². The number of aromatic amines is 1. The number of rotatable bonds is 4. The normalized spacial score (nSPS) is 15.1. The van der Waals surface area contributed by atoms with Gasteiger partial charge in [-0.05, 0) is 61.6 Å². The summed E-state index contributed by atoms with van der Waals surface area (Å²) in [6.07, 6.45) is 2.42. The third-order valence-electron chi connectivity index (χ3n) is 5.54. The van der Waals surface area contributed by atoms with Crippen LogP contribution in [0.1, 0.15) is 18.4 Å². The van der Waals surface area contributed by atoms with Crippen molar-refractivity contribution in [3.05, 3.63) is 59.7 Å². The van der Waals surface area contributed by atoms with Crippen LogP contribution in [0.2, 0.25) is 0 Å². The number of aromatic hydroxyl groups is 1. The summed E-state index contributed by atoms with van der Waals surface area (Å²) in [5, 5.41) is 15.6. The molecule has 1 fully saturated rings. The van der Waals surface area contributed by atoms with E-state index in [1.54, 1.807) is 18.2 Å². The van der Waals surface area contributed by atoms with Gasteiger partial charge in [-0.2, -0.15) is 9.78 Å². The highest BCUT2D eigenvalue weighted by Gasteiger charge is 2.25. The van der Waals surface area contributed by atoms with Crippen molar-refractivity contribution in [2.75, 3.05) is 13.2 Å². The van der Waals surface area contributed by atoms with E-state index in [1.165, 1.54) is 28.9 Å². The largest absolute Gasteiger partial charge is 0.493 e. The number of fused-ring (bicyclic) bond motifs is 1. The molecule has 3 heterocycles. The van der Waals surface area contributed by atoms with Crippen LogP contribution in [-0.4, -0.2) is 38.1 Å². The summed E-state index contributed by atoms with van der Waals surface area (Å²) in [5.41, 5.74) is 3.03. The Hall–Kier alpha value is -3.26. The summed E-state index contributed by atoms with van der Waals surface area (Å²) in [6, 6.07) is 10.3. The first-order valence-electron chi connectivity index (χ1n) is 9.88. The molecule has 5 rings (SSSR count). The van der Waals surface area contributed by atoms with Crippen LogP contribution >= 0.6 is 0 Å². The lowest BCUT2D eigenvalue weighted by Gasteiger charge is -2.21. The SMILES string of the molecule is Oc1c(CC2CCOCC2)c(-c2ccc(F)cc2)nn1-c1nc2cc(F)ccc2[nH]1. The molecule has 2 aromatic heterocycles. The van der Waals surface area contributed by atoms with Crippen molar-refractivity contribution >= 4 is 11.0 Å². The van der Waals surface area contributed by atoms with Crippen molar-refractivity contribution in [1.29, 1.82) is 0 Å². The smallest absolute Gasteiger partial charge is 0.232 e. The van der Waals surface area contributed by atoms with Crippen molar-refractivity contribution < 1.29 is 18.6 Å². The van der Waals surface area contributed by atoms with Gasteiger partial charge < -0.3 is 14.8 Å². The van der Waals surface area contributed by atoms with Crippen LogP contribution in [0.3, 0.4) is 0 Å². The van der Waals surface area contributed by atoms with E-state index in [4.69, 9.17) is 4.74 Å². The van der Waals surface area contributed by atoms with E-state index < -0.39 is 5.82 Å². The first-order valence-corrected chi connectivity index (χ1v) is 9.88. The molecule has 1 aliphatic heterocycles. The standard InChI is InChI=1S/C22H20F2N4O2/c23-15-3-1-14(2-4-15)20-17(11-13-7-9-30-10-8-13)21(29)28(27-20)22-25-18-6-5-16(24)12-19(18)26-22/h1-6,12-13,29H,7-11H2,(H,25,26). The summed E-state index contributed by atoms with van der Waals surface area (Å²) in [6.45, 7) is 1.39. The Morgan fingerprint density at radius 2 is 1.80 bits per heavy atom. The van der Waals surface area contributed by atoms with Crippen LogP contribution < -0.4 is 0 Å². The van der Waals surface area contributed by atoms with Gasteiger partial charge in [-0.25, -0.2) is 13.8 Å². The highest BCUT2D eigenvalue weighted by Crippen LogP contribution is 2.35. The van der Waals surface area contributed by atoms with E-state index in [1.807, 2.05) is 0 Å². The predicted octanol–water partition coefficient (Wildman–Crippen LogP) is 4.37. The number of H-pyrrole nitrogens is 1. The molecule has 0 bridgehead atoms. The Morgan fingerprint density at radius 1 is 1.07 bits per heavy atom. The fraction of sp³-hybridized carbons (Fsp3) is 0.273. The third kappa shape index (κ3) is 3.43. The van der Waals surface area contributed by atoms with E-state index in [2.05, 4.69) is 15.1 Å². The molecule has 0 atom stereocenters. The molecule has 6 nitrogen and oxygen atoms in total. The molecule has 154 valence electrons. The Bertz CT molecular complexity index is 1190. The van der Waals surface area contributed by atoms with Gasteiger partial charge >= 0.3 is 0 Å². The molecule has 1 saturated heterocycles. The van der Waals surface area contributed by atoms with Gasteiger partial charge in [0, 0.05) is 30.4 Å². The second kappa shape index (κ2) is 7.53. The van der Waals surface area contributed by atoms with Crippen molar-refractivity contribution in [3.8, 4) is 23.1 Å². The number of benzene rings is 2. The molecule has 0 saturated carbocycles. The molecule has 30 heavy (non-hydrogen) atoms. The van der Waals surface area contributed by atoms with Gasteiger partial charge in [0.2, 0.25) is 11.8 Å². The minimum Gasteiger partial charge on any atom is -0.493 e. The number of halogens is 2. The number of ether oxygens (including phenoxy) is 1. The van der Waals surface area contributed by atoms with Crippen molar-refractivity contribution in [2.24, 2.45) is 5.92 Å². The first-order chi connectivity index (χ1) is 14.6. The van der Waals surface area contributed by atoms with Gasteiger partial charge in [0.15, 0.2) is 0 Å². The highest BCUT2D eigenvalue weighted by molar-refractivity contribution is 5.76. The van der Waals surface area contributed by atoms with Gasteiger partial charge in [-0.15, -0.1) is 0 Å². The van der Waals surface area contributed by atoms with Gasteiger partial charge in [-0.1, -0.05) is 0 Å². The Morgan fingerprint density at radius 3 is 2.57 bits per heavy atom. The maximum absolute atomic E-state index is 13.5. The Kier molecular flexibility index (Phi) is 4.71. The van der Waals surface area contributed by atoms with Gasteiger partial charge in [0.25, 0.3) is 0 Å². The minimum absolute atomic E-state index is 0.0275. The molecule has 0 aliphatic carbocycles. The molecule has 2 aromatic carbocycles. The van der Waals surface area contributed by atoms with Crippen LogP contribution in [0, 0.1) is 17.6 Å². The van der Waals surface area contributed by atoms with E-state index in [0.717, 1.165) is 12.8 Å². The van der Waals surface area contributed by atoms with Crippen LogP contribution in [0.25, 0.3) is 28.2 Å². The molecular weight excluding hydrogens is 390 g/mol. The second-order valence-corrected chi connectivity index (χ2v) is 7.55. The number of hydrogen-bond acceptors (Lipinski definition) is 4. The zero-order valence-corrected chi connectivity index (χ0v) is 16.1. The molecule has 0 unspecified atom stereocenters. The quantitative estimate of drug-likeness (QED) is 0.524. The molecule has 8 heteroatoms. The predicted molar refractivity (Wildman–Crippen MR) is 107 cm³/mol. The molecular formula is C22H20F2N4O2. The average Bonchev–Trinajstić information content (AvgIpc) is 3.30. The number of hydrogen-bond donors (Lipinski definition) is 2. The summed E-state index contributed by atoms with van der Waals surface area (Å²) < 4.78 is 33.8. The number of nitrogens with one attached hydrogen (secondary N) is 1. The van der Waals surface area contributed by atoms with Crippen LogP contribution in [0.5, 0.6) is 5.88 Å². The molecule has 0 amide bonds. The number of imidazole rings is 1. The van der Waals surface area contributed by atoms with Crippen molar-refractivity contribution in [2.45, 2.75) is 19.3 Å². The summed E-state index contributed by atoms with van der Waals surface area (Å²) in [7, 11) is 0. The van der Waals surface area contributed by atoms with E-state index in [0.29, 0.717) is 53.4 Å². The second-order valence-electron chi connectivity index (χ2n) is 7.55. The lowest BCUT2D eigenvalue weighted by Crippen LogP contribution is -2.17. The average molecular weight is 410 g/mol. The molecule has 4 aromatic rings. The van der Waals surface area contributed by atoms with Crippen molar-refractivity contribution in [3.63, 3.8) is 0 Å². The summed E-state index contributed by atoms with van der Waals surface area (Å²) in [4.78, 5) is 7.45. The molecule has 0 radical (unpaired) electrons. The molecule has 2 N–H and O–H groups in total. The van der Waals surface area contributed by atoms with Crippen LogP contribution in [0.15, 0.2) is 42.5 Å². The first kappa shape index (κ1) is 18.7. The summed E-state index contributed by atoms with van der Waals surface area (Å²) in [5.74, 6) is -0.119. The molecule has 1 aliphatic rings. The Labute approximate surface area is 171 Å². The van der Waals surface area contributed by atoms with E-state index in [-0.39, 0.29) is 17.6 Å². The fourth-order valence-electron chi connectivity index (χ4n) is 3.92. The number of aromatic nitrogens is 4. The molecule has 0 spiro atoms. The van der Waals surface area contributed by atoms with Crippen molar-refractivity contribution in [1.82, 2.24) is 19.7 Å². The highest BCUT2D eigenvalue weighted by atomic mass is 19.1. The Balaban J connectivity index is 1.61. The monoisotopic (exact) mass is 410 g/mol. The summed E-state index contributed by atoms with van der Waals surface area (Å²) >= 11 is 0. The minimum atomic E-state index is -0.391. The van der Waals surface area contributed by atoms with E-state index in [9.17, 15) is 13.9 Å². The zero-order chi connectivity index (χ0) is 20.7. The third-order valence-corrected chi connectivity index (χ3v) is 5.54. The zero-order valence-electron chi connectivity index (χ0n) is 16.1. The van der Waals surface area contributed by atoms with Gasteiger partial charge in [-0.3, -0.25) is 0 Å². The van der Waals surface area contributed by atoms with Crippen LogP contribution in [0.4, 0.5) is 8.78 Å². The van der Waals surface area contributed by atoms with E-state index >= 15 is 0 Å². The maximum atomic E-state index is 13.5.